The second kappa shape index (κ2) is 31.9. The number of rotatable bonds is 24. The summed E-state index contributed by atoms with van der Waals surface area (Å²) in [5.74, 6) is -0.137. The van der Waals surface area contributed by atoms with Gasteiger partial charge in [0.15, 0.2) is 0 Å². The molecule has 0 rings (SSSR count). The number of unbranched alkanes of at least 4 members (excludes halogenated alkanes) is 20. The second-order valence-corrected chi connectivity index (χ2v) is 9.72. The Morgan fingerprint density at radius 2 is 0.588 bits per heavy atom. The minimum Gasteiger partial charge on any atom is -0.469 e. The molecule has 0 aromatic rings. The monoisotopic (exact) mass is 484 g/mol. The lowest BCUT2D eigenvalue weighted by atomic mass is 10.1. The average molecular weight is 485 g/mol. The van der Waals surface area contributed by atoms with Crippen LogP contribution in [0.4, 0.5) is 0 Å². The van der Waals surface area contributed by atoms with Gasteiger partial charge in [0.25, 0.3) is 0 Å². The van der Waals surface area contributed by atoms with E-state index in [1.54, 1.807) is 0 Å². The van der Waals surface area contributed by atoms with Crippen LogP contribution in [-0.2, 0) is 19.1 Å². The molecule has 0 aliphatic rings. The molecule has 204 valence electrons. The van der Waals surface area contributed by atoms with Crippen molar-refractivity contribution in [3.8, 4) is 0 Å². The van der Waals surface area contributed by atoms with Gasteiger partial charge < -0.3 is 9.47 Å². The van der Waals surface area contributed by atoms with Crippen molar-refractivity contribution < 1.29 is 19.1 Å². The van der Waals surface area contributed by atoms with Gasteiger partial charge in [0, 0.05) is 12.8 Å². The van der Waals surface area contributed by atoms with Crippen molar-refractivity contribution in [2.75, 3.05) is 14.2 Å². The standard InChI is InChI=1S/2C15H30O2/c2*1-3-4-5-6-7-8-9-10-11-12-13-14-15(16)17-2/h2*3-14H2,1-2H3. The van der Waals surface area contributed by atoms with Crippen molar-refractivity contribution in [3.05, 3.63) is 0 Å². The Kier molecular flexibility index (Phi) is 33.0. The van der Waals surface area contributed by atoms with Gasteiger partial charge in [-0.1, -0.05) is 142 Å². The number of hydrogen-bond acceptors (Lipinski definition) is 4. The number of carbonyl (C=O) groups excluding carboxylic acids is 2. The Labute approximate surface area is 213 Å². The second-order valence-electron chi connectivity index (χ2n) is 9.72. The minimum atomic E-state index is -0.0686. The van der Waals surface area contributed by atoms with Crippen LogP contribution in [0.1, 0.15) is 168 Å². The Bertz CT molecular complexity index is 371. The van der Waals surface area contributed by atoms with E-state index in [2.05, 4.69) is 23.3 Å². The molecule has 0 bridgehead atoms. The predicted octanol–water partition coefficient (Wildman–Crippen LogP) is 9.72. The van der Waals surface area contributed by atoms with Gasteiger partial charge in [-0.25, -0.2) is 0 Å². The fraction of sp³-hybridized carbons (Fsp3) is 0.933. The zero-order chi connectivity index (χ0) is 25.5. The SMILES string of the molecule is CCCCCCCCCCCCCC(=O)OC.CCCCCCCCCCCCCC(=O)OC. The fourth-order valence-electron chi connectivity index (χ4n) is 4.07. The normalized spacial score (nSPS) is 10.5. The zero-order valence-corrected chi connectivity index (χ0v) is 23.6. The molecule has 0 unspecified atom stereocenters. The molecule has 4 nitrogen and oxygen atoms in total. The van der Waals surface area contributed by atoms with Gasteiger partial charge in [0.05, 0.1) is 14.2 Å². The number of ether oxygens (including phenoxy) is 2. The molecular formula is C30H60O4. The van der Waals surface area contributed by atoms with Crippen LogP contribution >= 0.6 is 0 Å². The van der Waals surface area contributed by atoms with Crippen molar-refractivity contribution in [2.24, 2.45) is 0 Å². The maximum absolute atomic E-state index is 10.8. The predicted molar refractivity (Wildman–Crippen MR) is 146 cm³/mol. The average Bonchev–Trinajstić information content (AvgIpc) is 2.85. The fourth-order valence-corrected chi connectivity index (χ4v) is 4.07. The van der Waals surface area contributed by atoms with E-state index < -0.39 is 0 Å². The van der Waals surface area contributed by atoms with Crippen molar-refractivity contribution in [1.82, 2.24) is 0 Å². The lowest BCUT2D eigenvalue weighted by Gasteiger charge is -2.02. The van der Waals surface area contributed by atoms with Gasteiger partial charge in [0.1, 0.15) is 0 Å². The molecule has 0 saturated carbocycles. The Morgan fingerprint density at radius 1 is 0.382 bits per heavy atom. The summed E-state index contributed by atoms with van der Waals surface area (Å²) in [6, 6.07) is 0. The summed E-state index contributed by atoms with van der Waals surface area (Å²) in [6.45, 7) is 4.52. The van der Waals surface area contributed by atoms with Crippen LogP contribution in [-0.4, -0.2) is 26.2 Å². The third-order valence-electron chi connectivity index (χ3n) is 6.42. The van der Waals surface area contributed by atoms with Gasteiger partial charge in [-0.2, -0.15) is 0 Å². The van der Waals surface area contributed by atoms with E-state index in [0.29, 0.717) is 12.8 Å². The molecule has 0 aliphatic carbocycles. The highest BCUT2D eigenvalue weighted by molar-refractivity contribution is 5.69. The molecule has 0 radical (unpaired) electrons. The zero-order valence-electron chi connectivity index (χ0n) is 23.6. The molecule has 0 aliphatic heterocycles. The Hall–Kier alpha value is -1.06. The van der Waals surface area contributed by atoms with Crippen molar-refractivity contribution in [3.63, 3.8) is 0 Å². The minimum absolute atomic E-state index is 0.0686. The number of carbonyl (C=O) groups is 2. The van der Waals surface area contributed by atoms with E-state index in [1.165, 1.54) is 143 Å². The Morgan fingerprint density at radius 3 is 0.794 bits per heavy atom. The first kappa shape index (κ1) is 35.1. The topological polar surface area (TPSA) is 52.6 Å². The van der Waals surface area contributed by atoms with Gasteiger partial charge in [-0.3, -0.25) is 9.59 Å². The van der Waals surface area contributed by atoms with E-state index in [4.69, 9.17) is 0 Å². The van der Waals surface area contributed by atoms with Crippen LogP contribution in [0.2, 0.25) is 0 Å². The van der Waals surface area contributed by atoms with Crippen molar-refractivity contribution >= 4 is 11.9 Å². The summed E-state index contributed by atoms with van der Waals surface area (Å²) >= 11 is 0. The molecule has 4 heteroatoms. The van der Waals surface area contributed by atoms with Gasteiger partial charge in [-0.15, -0.1) is 0 Å². The maximum Gasteiger partial charge on any atom is 0.305 e. The third kappa shape index (κ3) is 33.1. The van der Waals surface area contributed by atoms with Crippen LogP contribution in [0.15, 0.2) is 0 Å². The summed E-state index contributed by atoms with van der Waals surface area (Å²) in [7, 11) is 2.92. The van der Waals surface area contributed by atoms with Gasteiger partial charge in [-0.05, 0) is 12.8 Å². The first-order chi connectivity index (χ1) is 16.6. The lowest BCUT2D eigenvalue weighted by Crippen LogP contribution is -1.99. The van der Waals surface area contributed by atoms with E-state index in [0.717, 1.165) is 12.8 Å². The third-order valence-corrected chi connectivity index (χ3v) is 6.42. The molecule has 0 fully saturated rings. The van der Waals surface area contributed by atoms with Gasteiger partial charge >= 0.3 is 11.9 Å². The summed E-state index contributed by atoms with van der Waals surface area (Å²) < 4.78 is 9.21. The number of esters is 2. The molecule has 0 N–H and O–H groups in total. The molecule has 0 spiro atoms. The molecule has 0 atom stereocenters. The van der Waals surface area contributed by atoms with E-state index in [1.807, 2.05) is 0 Å². The first-order valence-electron chi connectivity index (χ1n) is 14.8. The summed E-state index contributed by atoms with van der Waals surface area (Å²) in [6.07, 6.45) is 30.1. The lowest BCUT2D eigenvalue weighted by molar-refractivity contribution is -0.141. The summed E-state index contributed by atoms with van der Waals surface area (Å²) in [4.78, 5) is 21.7. The molecular weight excluding hydrogens is 424 g/mol. The first-order valence-corrected chi connectivity index (χ1v) is 14.8. The molecule has 0 aromatic carbocycles. The van der Waals surface area contributed by atoms with E-state index in [-0.39, 0.29) is 11.9 Å². The highest BCUT2D eigenvalue weighted by atomic mass is 16.5. The largest absolute Gasteiger partial charge is 0.469 e. The quantitative estimate of drug-likeness (QED) is 0.101. The molecule has 34 heavy (non-hydrogen) atoms. The molecule has 0 heterocycles. The number of methoxy groups -OCH3 is 2. The molecule has 0 saturated heterocycles. The summed E-state index contributed by atoms with van der Waals surface area (Å²) in [5, 5.41) is 0. The van der Waals surface area contributed by atoms with Gasteiger partial charge in [0.2, 0.25) is 0 Å². The molecule has 0 amide bonds. The van der Waals surface area contributed by atoms with Crippen LogP contribution in [0.5, 0.6) is 0 Å². The van der Waals surface area contributed by atoms with E-state index >= 15 is 0 Å². The van der Waals surface area contributed by atoms with E-state index in [9.17, 15) is 9.59 Å². The van der Waals surface area contributed by atoms with Crippen LogP contribution in [0, 0.1) is 0 Å². The van der Waals surface area contributed by atoms with Crippen LogP contribution in [0.3, 0.4) is 0 Å². The highest BCUT2D eigenvalue weighted by Gasteiger charge is 2.00. The maximum atomic E-state index is 10.8. The van der Waals surface area contributed by atoms with Crippen molar-refractivity contribution in [2.45, 2.75) is 168 Å². The van der Waals surface area contributed by atoms with Crippen molar-refractivity contribution in [1.29, 1.82) is 0 Å². The smallest absolute Gasteiger partial charge is 0.305 e. The number of hydrogen-bond donors (Lipinski definition) is 0. The van der Waals surface area contributed by atoms with Crippen LogP contribution in [0.25, 0.3) is 0 Å². The molecule has 0 aromatic heterocycles. The highest BCUT2D eigenvalue weighted by Crippen LogP contribution is 2.13. The Balaban J connectivity index is 0. The van der Waals surface area contributed by atoms with Crippen LogP contribution < -0.4 is 0 Å². The summed E-state index contributed by atoms with van der Waals surface area (Å²) in [5.41, 5.74) is 0.